The average molecular weight is 228 g/mol. The van der Waals surface area contributed by atoms with Gasteiger partial charge in [-0.1, -0.05) is 60.7 Å². The summed E-state index contributed by atoms with van der Waals surface area (Å²) in [6.07, 6.45) is -1.02. The smallest absolute Gasteiger partial charge is 0.181 e. The second-order valence-electron chi connectivity index (χ2n) is 3.95. The molecule has 2 heteroatoms. The third-order valence-electron chi connectivity index (χ3n) is 2.69. The lowest BCUT2D eigenvalue weighted by Gasteiger charge is -2.18. The highest BCUT2D eigenvalue weighted by molar-refractivity contribution is 5.18. The van der Waals surface area contributed by atoms with E-state index in [-0.39, 0.29) is 6.10 Å². The SMILES string of the molecule is CC(OC(O)c1ccccc1)c1ccccc1. The van der Waals surface area contributed by atoms with Crippen LogP contribution in [0.15, 0.2) is 60.7 Å². The fraction of sp³-hybridized carbons (Fsp3) is 0.200. The van der Waals surface area contributed by atoms with E-state index < -0.39 is 6.29 Å². The number of hydrogen-bond donors (Lipinski definition) is 1. The van der Waals surface area contributed by atoms with Gasteiger partial charge in [0.05, 0.1) is 6.10 Å². The van der Waals surface area contributed by atoms with Crippen LogP contribution in [0.3, 0.4) is 0 Å². The molecule has 0 aliphatic heterocycles. The molecule has 0 saturated heterocycles. The van der Waals surface area contributed by atoms with Crippen molar-refractivity contribution in [1.29, 1.82) is 0 Å². The lowest BCUT2D eigenvalue weighted by molar-refractivity contribution is -0.136. The van der Waals surface area contributed by atoms with Crippen molar-refractivity contribution < 1.29 is 9.84 Å². The van der Waals surface area contributed by atoms with Gasteiger partial charge in [0.2, 0.25) is 0 Å². The van der Waals surface area contributed by atoms with Crippen LogP contribution < -0.4 is 0 Å². The first-order chi connectivity index (χ1) is 8.27. The largest absolute Gasteiger partial charge is 0.364 e. The Morgan fingerprint density at radius 2 is 1.29 bits per heavy atom. The number of benzene rings is 2. The highest BCUT2D eigenvalue weighted by Crippen LogP contribution is 2.24. The van der Waals surface area contributed by atoms with Crippen LogP contribution in [0.4, 0.5) is 0 Å². The van der Waals surface area contributed by atoms with Crippen LogP contribution in [0.2, 0.25) is 0 Å². The van der Waals surface area contributed by atoms with Crippen molar-refractivity contribution in [3.63, 3.8) is 0 Å². The predicted molar refractivity (Wildman–Crippen MR) is 67.3 cm³/mol. The van der Waals surface area contributed by atoms with E-state index in [9.17, 15) is 5.11 Å². The van der Waals surface area contributed by atoms with Crippen molar-refractivity contribution in [3.05, 3.63) is 71.8 Å². The van der Waals surface area contributed by atoms with Gasteiger partial charge >= 0.3 is 0 Å². The summed E-state index contributed by atoms with van der Waals surface area (Å²) in [5.74, 6) is 0. The molecule has 0 radical (unpaired) electrons. The molecule has 0 spiro atoms. The minimum atomic E-state index is -0.883. The molecule has 1 N–H and O–H groups in total. The summed E-state index contributed by atoms with van der Waals surface area (Å²) in [7, 11) is 0. The van der Waals surface area contributed by atoms with Crippen LogP contribution in [0, 0.1) is 0 Å². The fourth-order valence-electron chi connectivity index (χ4n) is 1.69. The maximum Gasteiger partial charge on any atom is 0.181 e. The third-order valence-corrected chi connectivity index (χ3v) is 2.69. The number of rotatable bonds is 4. The van der Waals surface area contributed by atoms with Crippen molar-refractivity contribution in [2.75, 3.05) is 0 Å². The minimum Gasteiger partial charge on any atom is -0.364 e. The molecule has 0 aliphatic carbocycles. The van der Waals surface area contributed by atoms with Crippen LogP contribution in [-0.2, 0) is 4.74 Å². The Morgan fingerprint density at radius 1 is 0.824 bits per heavy atom. The zero-order chi connectivity index (χ0) is 12.1. The lowest BCUT2D eigenvalue weighted by Crippen LogP contribution is -2.07. The zero-order valence-corrected chi connectivity index (χ0v) is 9.78. The summed E-state index contributed by atoms with van der Waals surface area (Å²) in [4.78, 5) is 0. The molecule has 0 amide bonds. The van der Waals surface area contributed by atoms with Crippen molar-refractivity contribution in [2.45, 2.75) is 19.3 Å². The van der Waals surface area contributed by atoms with Crippen LogP contribution in [0.5, 0.6) is 0 Å². The molecule has 0 fully saturated rings. The van der Waals surface area contributed by atoms with Crippen LogP contribution in [0.25, 0.3) is 0 Å². The molecule has 17 heavy (non-hydrogen) atoms. The van der Waals surface area contributed by atoms with E-state index in [1.165, 1.54) is 0 Å². The predicted octanol–water partition coefficient (Wildman–Crippen LogP) is 3.46. The Morgan fingerprint density at radius 3 is 1.82 bits per heavy atom. The molecule has 0 saturated carbocycles. The maximum absolute atomic E-state index is 9.93. The quantitative estimate of drug-likeness (QED) is 0.812. The van der Waals surface area contributed by atoms with Gasteiger partial charge in [-0.05, 0) is 12.5 Å². The maximum atomic E-state index is 9.93. The van der Waals surface area contributed by atoms with E-state index >= 15 is 0 Å². The van der Waals surface area contributed by atoms with Gasteiger partial charge in [-0.15, -0.1) is 0 Å². The van der Waals surface area contributed by atoms with E-state index in [0.29, 0.717) is 0 Å². The second kappa shape index (κ2) is 5.62. The van der Waals surface area contributed by atoms with Gasteiger partial charge in [-0.2, -0.15) is 0 Å². The fourth-order valence-corrected chi connectivity index (χ4v) is 1.69. The Kier molecular flexibility index (Phi) is 3.91. The van der Waals surface area contributed by atoms with Gasteiger partial charge in [0.1, 0.15) is 0 Å². The first kappa shape index (κ1) is 11.8. The average Bonchev–Trinajstić information content (AvgIpc) is 2.40. The van der Waals surface area contributed by atoms with Crippen molar-refractivity contribution >= 4 is 0 Å². The first-order valence-electron chi connectivity index (χ1n) is 5.71. The third kappa shape index (κ3) is 3.16. The molecule has 2 aromatic rings. The lowest BCUT2D eigenvalue weighted by atomic mass is 10.1. The molecule has 2 aromatic carbocycles. The van der Waals surface area contributed by atoms with E-state index in [1.807, 2.05) is 67.6 Å². The Hall–Kier alpha value is -1.64. The van der Waals surface area contributed by atoms with Gasteiger partial charge in [0.15, 0.2) is 6.29 Å². The van der Waals surface area contributed by atoms with Gasteiger partial charge < -0.3 is 9.84 Å². The van der Waals surface area contributed by atoms with Gasteiger partial charge in [0, 0.05) is 5.56 Å². The monoisotopic (exact) mass is 228 g/mol. The normalized spacial score (nSPS) is 14.2. The summed E-state index contributed by atoms with van der Waals surface area (Å²) in [6.45, 7) is 1.93. The molecule has 2 atom stereocenters. The summed E-state index contributed by atoms with van der Waals surface area (Å²) in [6, 6.07) is 19.2. The minimum absolute atomic E-state index is 0.133. The van der Waals surface area contributed by atoms with E-state index in [1.54, 1.807) is 0 Å². The number of aliphatic hydroxyl groups is 1. The van der Waals surface area contributed by atoms with Crippen LogP contribution >= 0.6 is 0 Å². The van der Waals surface area contributed by atoms with Crippen molar-refractivity contribution in [2.24, 2.45) is 0 Å². The molecular formula is C15H16O2. The standard InChI is InChI=1S/C15H16O2/c1-12(13-8-4-2-5-9-13)17-15(16)14-10-6-3-7-11-14/h2-12,15-16H,1H3. The zero-order valence-electron chi connectivity index (χ0n) is 9.78. The van der Waals surface area contributed by atoms with Gasteiger partial charge in [0.25, 0.3) is 0 Å². The Bertz CT molecular complexity index is 395. The van der Waals surface area contributed by atoms with Crippen molar-refractivity contribution in [1.82, 2.24) is 0 Å². The highest BCUT2D eigenvalue weighted by atomic mass is 16.6. The van der Waals surface area contributed by atoms with E-state index in [2.05, 4.69) is 0 Å². The molecule has 88 valence electrons. The molecule has 2 unspecified atom stereocenters. The topological polar surface area (TPSA) is 29.5 Å². The first-order valence-corrected chi connectivity index (χ1v) is 5.71. The summed E-state index contributed by atoms with van der Waals surface area (Å²) in [5.41, 5.74) is 1.83. The second-order valence-corrected chi connectivity index (χ2v) is 3.95. The number of ether oxygens (including phenoxy) is 1. The Balaban J connectivity index is 2.02. The highest BCUT2D eigenvalue weighted by Gasteiger charge is 2.13. The van der Waals surface area contributed by atoms with E-state index in [0.717, 1.165) is 11.1 Å². The molecular weight excluding hydrogens is 212 g/mol. The molecule has 0 aliphatic rings. The van der Waals surface area contributed by atoms with Crippen molar-refractivity contribution in [3.8, 4) is 0 Å². The van der Waals surface area contributed by atoms with Gasteiger partial charge in [-0.25, -0.2) is 0 Å². The summed E-state index contributed by atoms with van der Waals surface area (Å²) in [5, 5.41) is 9.93. The number of aliphatic hydroxyl groups excluding tert-OH is 1. The van der Waals surface area contributed by atoms with Crippen LogP contribution in [0.1, 0.15) is 30.4 Å². The van der Waals surface area contributed by atoms with E-state index in [4.69, 9.17) is 4.74 Å². The summed E-state index contributed by atoms with van der Waals surface area (Å²) >= 11 is 0. The molecule has 2 rings (SSSR count). The molecule has 0 bridgehead atoms. The van der Waals surface area contributed by atoms with Gasteiger partial charge in [-0.3, -0.25) is 0 Å². The molecule has 0 heterocycles. The summed E-state index contributed by atoms with van der Waals surface area (Å²) < 4.78 is 5.58. The number of hydrogen-bond acceptors (Lipinski definition) is 2. The van der Waals surface area contributed by atoms with Crippen LogP contribution in [-0.4, -0.2) is 5.11 Å². The molecule has 0 aromatic heterocycles. The molecule has 2 nitrogen and oxygen atoms in total. The Labute approximate surface area is 101 Å².